The lowest BCUT2D eigenvalue weighted by molar-refractivity contribution is 0.0613. The molecule has 3 aromatic rings. The molecule has 0 unspecified atom stereocenters. The summed E-state index contributed by atoms with van der Waals surface area (Å²) in [7, 11) is 0. The number of likely N-dealkylation sites (tertiary alicyclic amines) is 1. The standard InChI is InChI=1S/C27H31ClN4O3/c1-3-35-21-7-4-18(5-8-21)25-30-23-14-19(28)6-9-22(23)24(31-25)26(33)29-20-12-17(13-20)15-32-11-10-27(2,34)16-32/h4-9,14,17,20,34H,3,10-13,15-16H2,1-2H3,(H,29,33)/t17?,20?,27-/m1/s1. The molecule has 0 radical (unpaired) electrons. The Bertz CT molecular complexity index is 1230. The van der Waals surface area contributed by atoms with Crippen LogP contribution in [0.5, 0.6) is 5.75 Å². The van der Waals surface area contributed by atoms with Gasteiger partial charge in [-0.25, -0.2) is 9.97 Å². The molecule has 2 heterocycles. The maximum Gasteiger partial charge on any atom is 0.270 e. The van der Waals surface area contributed by atoms with Crippen molar-refractivity contribution in [2.75, 3.05) is 26.2 Å². The van der Waals surface area contributed by atoms with E-state index in [-0.39, 0.29) is 11.9 Å². The molecule has 7 nitrogen and oxygen atoms in total. The zero-order valence-corrected chi connectivity index (χ0v) is 20.9. The maximum atomic E-state index is 13.3. The van der Waals surface area contributed by atoms with Gasteiger partial charge in [0.05, 0.1) is 17.7 Å². The van der Waals surface area contributed by atoms with Gasteiger partial charge in [0, 0.05) is 41.6 Å². The van der Waals surface area contributed by atoms with Gasteiger partial charge in [-0.2, -0.15) is 0 Å². The SMILES string of the molecule is CCOc1ccc(-c2nc(C(=O)NC3CC(CN4CC[C@@](C)(O)C4)C3)c3ccc(Cl)cc3n2)cc1. The van der Waals surface area contributed by atoms with E-state index in [1.165, 1.54) is 0 Å². The molecule has 2 N–H and O–H groups in total. The van der Waals surface area contributed by atoms with Crippen LogP contribution >= 0.6 is 11.6 Å². The van der Waals surface area contributed by atoms with E-state index in [0.29, 0.717) is 40.0 Å². The number of nitrogens with one attached hydrogen (secondary N) is 1. The first-order valence-corrected chi connectivity index (χ1v) is 12.6. The summed E-state index contributed by atoms with van der Waals surface area (Å²) in [6, 6.07) is 13.0. The number of nitrogens with zero attached hydrogens (tertiary/aromatic N) is 3. The monoisotopic (exact) mass is 494 g/mol. The van der Waals surface area contributed by atoms with E-state index in [0.717, 1.165) is 50.2 Å². The number of carbonyl (C=O) groups excluding carboxylic acids is 1. The molecule has 1 aromatic heterocycles. The summed E-state index contributed by atoms with van der Waals surface area (Å²) in [5.41, 5.74) is 1.22. The summed E-state index contributed by atoms with van der Waals surface area (Å²) >= 11 is 6.23. The van der Waals surface area contributed by atoms with Gasteiger partial charge in [-0.15, -0.1) is 0 Å². The average Bonchev–Trinajstić information content (AvgIpc) is 3.15. The Morgan fingerprint density at radius 2 is 2.00 bits per heavy atom. The number of benzene rings is 2. The molecule has 0 bridgehead atoms. The summed E-state index contributed by atoms with van der Waals surface area (Å²) in [5, 5.41) is 14.6. The number of hydrogen-bond donors (Lipinski definition) is 2. The van der Waals surface area contributed by atoms with E-state index in [1.54, 1.807) is 18.2 Å². The predicted octanol–water partition coefficient (Wildman–Crippen LogP) is 4.31. The van der Waals surface area contributed by atoms with Crippen LogP contribution < -0.4 is 10.1 Å². The zero-order chi connectivity index (χ0) is 24.6. The summed E-state index contributed by atoms with van der Waals surface area (Å²) in [5.74, 6) is 1.59. The van der Waals surface area contributed by atoms with Crippen molar-refractivity contribution < 1.29 is 14.6 Å². The second-order valence-corrected chi connectivity index (χ2v) is 10.4. The highest BCUT2D eigenvalue weighted by Crippen LogP contribution is 2.32. The second kappa shape index (κ2) is 9.72. The maximum absolute atomic E-state index is 13.3. The van der Waals surface area contributed by atoms with Gasteiger partial charge in [-0.3, -0.25) is 4.79 Å². The Labute approximate surface area is 210 Å². The first-order valence-electron chi connectivity index (χ1n) is 12.3. The molecular formula is C27H31ClN4O3. The van der Waals surface area contributed by atoms with Crippen LogP contribution in [-0.4, -0.2) is 63.8 Å². The van der Waals surface area contributed by atoms with Crippen LogP contribution in [-0.2, 0) is 0 Å². The third-order valence-electron chi connectivity index (χ3n) is 6.92. The quantitative estimate of drug-likeness (QED) is 0.509. The van der Waals surface area contributed by atoms with Gasteiger partial charge < -0.3 is 20.1 Å². The first kappa shape index (κ1) is 24.0. The normalized spacial score (nSPS) is 24.3. The topological polar surface area (TPSA) is 87.6 Å². The number of rotatable bonds is 7. The molecule has 1 aliphatic carbocycles. The van der Waals surface area contributed by atoms with Crippen molar-refractivity contribution in [1.82, 2.24) is 20.2 Å². The van der Waals surface area contributed by atoms with Crippen LogP contribution in [0.3, 0.4) is 0 Å². The molecule has 35 heavy (non-hydrogen) atoms. The first-order chi connectivity index (χ1) is 16.8. The third-order valence-corrected chi connectivity index (χ3v) is 7.15. The van der Waals surface area contributed by atoms with Gasteiger partial charge in [-0.1, -0.05) is 11.6 Å². The fourth-order valence-electron chi connectivity index (χ4n) is 5.09. The van der Waals surface area contributed by atoms with Gasteiger partial charge in [0.1, 0.15) is 11.4 Å². The highest BCUT2D eigenvalue weighted by atomic mass is 35.5. The number of ether oxygens (including phenoxy) is 1. The fraction of sp³-hybridized carbons (Fsp3) is 0.444. The number of β-amino-alcohol motifs (C(OH)–C–C–N with tert-alkyl or cyclic N) is 1. The Kier molecular flexibility index (Phi) is 6.66. The van der Waals surface area contributed by atoms with E-state index in [4.69, 9.17) is 16.3 Å². The molecule has 0 spiro atoms. The Morgan fingerprint density at radius 1 is 1.23 bits per heavy atom. The second-order valence-electron chi connectivity index (χ2n) is 10.0. The highest BCUT2D eigenvalue weighted by Gasteiger charge is 2.36. The van der Waals surface area contributed by atoms with Crippen molar-refractivity contribution in [2.45, 2.75) is 44.8 Å². The molecule has 1 aliphatic heterocycles. The predicted molar refractivity (Wildman–Crippen MR) is 137 cm³/mol. The molecule has 2 aromatic carbocycles. The minimum absolute atomic E-state index is 0.127. The van der Waals surface area contributed by atoms with Crippen LogP contribution in [0, 0.1) is 5.92 Å². The van der Waals surface area contributed by atoms with Crippen LogP contribution in [0.4, 0.5) is 0 Å². The number of fused-ring (bicyclic) bond motifs is 1. The molecule has 184 valence electrons. The third kappa shape index (κ3) is 5.42. The Morgan fingerprint density at radius 3 is 2.69 bits per heavy atom. The lowest BCUT2D eigenvalue weighted by Crippen LogP contribution is -2.48. The number of carbonyl (C=O) groups is 1. The molecule has 2 aliphatic rings. The summed E-state index contributed by atoms with van der Waals surface area (Å²) in [6.45, 7) is 7.07. The lowest BCUT2D eigenvalue weighted by atomic mass is 9.80. The van der Waals surface area contributed by atoms with Crippen molar-refractivity contribution in [3.8, 4) is 17.1 Å². The van der Waals surface area contributed by atoms with E-state index in [2.05, 4.69) is 20.2 Å². The van der Waals surface area contributed by atoms with Crippen molar-refractivity contribution in [3.05, 3.63) is 53.2 Å². The van der Waals surface area contributed by atoms with Crippen LogP contribution in [0.15, 0.2) is 42.5 Å². The zero-order valence-electron chi connectivity index (χ0n) is 20.1. The largest absolute Gasteiger partial charge is 0.494 e. The molecule has 5 rings (SSSR count). The minimum atomic E-state index is -0.574. The smallest absolute Gasteiger partial charge is 0.270 e. The molecular weight excluding hydrogens is 464 g/mol. The van der Waals surface area contributed by atoms with Gasteiger partial charge in [0.2, 0.25) is 0 Å². The fourth-order valence-corrected chi connectivity index (χ4v) is 5.25. The Balaban J connectivity index is 1.31. The molecule has 1 atom stereocenters. The highest BCUT2D eigenvalue weighted by molar-refractivity contribution is 6.31. The molecule has 8 heteroatoms. The average molecular weight is 495 g/mol. The van der Waals surface area contributed by atoms with Gasteiger partial charge in [-0.05, 0) is 81.5 Å². The number of halogens is 1. The van der Waals surface area contributed by atoms with Crippen molar-refractivity contribution in [1.29, 1.82) is 0 Å². The molecule has 1 saturated carbocycles. The molecule has 1 amide bonds. The Hall–Kier alpha value is -2.74. The number of hydrogen-bond acceptors (Lipinski definition) is 6. The summed E-state index contributed by atoms with van der Waals surface area (Å²) in [6.07, 6.45) is 2.69. The molecule has 1 saturated heterocycles. The molecule has 2 fully saturated rings. The number of aliphatic hydroxyl groups is 1. The van der Waals surface area contributed by atoms with E-state index >= 15 is 0 Å². The van der Waals surface area contributed by atoms with E-state index < -0.39 is 5.60 Å². The van der Waals surface area contributed by atoms with Crippen LogP contribution in [0.1, 0.15) is 43.6 Å². The summed E-state index contributed by atoms with van der Waals surface area (Å²) in [4.78, 5) is 25.0. The summed E-state index contributed by atoms with van der Waals surface area (Å²) < 4.78 is 5.53. The number of amides is 1. The van der Waals surface area contributed by atoms with Crippen molar-refractivity contribution in [2.24, 2.45) is 5.92 Å². The minimum Gasteiger partial charge on any atom is -0.494 e. The van der Waals surface area contributed by atoms with Crippen molar-refractivity contribution in [3.63, 3.8) is 0 Å². The van der Waals surface area contributed by atoms with Gasteiger partial charge in [0.15, 0.2) is 5.82 Å². The van der Waals surface area contributed by atoms with E-state index in [9.17, 15) is 9.90 Å². The van der Waals surface area contributed by atoms with Gasteiger partial charge >= 0.3 is 0 Å². The van der Waals surface area contributed by atoms with Gasteiger partial charge in [0.25, 0.3) is 5.91 Å². The van der Waals surface area contributed by atoms with Crippen LogP contribution in [0.2, 0.25) is 5.02 Å². The number of aromatic nitrogens is 2. The van der Waals surface area contributed by atoms with E-state index in [1.807, 2.05) is 38.1 Å². The lowest BCUT2D eigenvalue weighted by Gasteiger charge is -2.38. The van der Waals surface area contributed by atoms with Crippen LogP contribution in [0.25, 0.3) is 22.3 Å². The van der Waals surface area contributed by atoms with Crippen molar-refractivity contribution >= 4 is 28.4 Å².